The quantitative estimate of drug-likeness (QED) is 0.289. The van der Waals surface area contributed by atoms with Gasteiger partial charge in [0.2, 0.25) is 0 Å². The van der Waals surface area contributed by atoms with E-state index in [0.717, 1.165) is 0 Å². The van der Waals surface area contributed by atoms with E-state index < -0.39 is 0 Å². The molecule has 0 unspecified atom stereocenters. The predicted molar refractivity (Wildman–Crippen MR) is 109 cm³/mol. The van der Waals surface area contributed by atoms with Crippen LogP contribution in [0.3, 0.4) is 0 Å². The number of fused-ring (bicyclic) bond motifs is 4. The minimum absolute atomic E-state index is 1.28. The topological polar surface area (TPSA) is 0 Å². The molecule has 0 saturated heterocycles. The van der Waals surface area contributed by atoms with E-state index in [-0.39, 0.29) is 0 Å². The zero-order valence-electron chi connectivity index (χ0n) is 14.2. The zero-order chi connectivity index (χ0) is 16.8. The van der Waals surface area contributed by atoms with Crippen LogP contribution in [-0.4, -0.2) is 0 Å². The molecule has 0 saturated carbocycles. The molecule has 0 heterocycles. The number of hydrogen-bond donors (Lipinski definition) is 0. The highest BCUT2D eigenvalue weighted by Crippen LogP contribution is 2.35. The van der Waals surface area contributed by atoms with Crippen LogP contribution in [0.25, 0.3) is 43.4 Å². The van der Waals surface area contributed by atoms with Gasteiger partial charge in [-0.2, -0.15) is 0 Å². The van der Waals surface area contributed by atoms with E-state index in [1.807, 2.05) is 0 Å². The van der Waals surface area contributed by atoms with Crippen LogP contribution in [0.4, 0.5) is 0 Å². The maximum Gasteiger partial charge on any atom is -0.00699 e. The van der Waals surface area contributed by atoms with Crippen molar-refractivity contribution in [3.63, 3.8) is 0 Å². The molecule has 0 aliphatic rings. The van der Waals surface area contributed by atoms with Crippen LogP contribution in [0, 0.1) is 6.92 Å². The van der Waals surface area contributed by atoms with Crippen LogP contribution in [0.15, 0.2) is 91.0 Å². The molecular weight excluding hydrogens is 300 g/mol. The Morgan fingerprint density at radius 2 is 1.16 bits per heavy atom. The maximum atomic E-state index is 2.30. The van der Waals surface area contributed by atoms with Crippen LogP contribution in [0.2, 0.25) is 0 Å². The number of rotatable bonds is 1. The Bertz CT molecular complexity index is 1250. The van der Waals surface area contributed by atoms with E-state index in [2.05, 4.69) is 97.9 Å². The fourth-order valence-electron chi connectivity index (χ4n) is 3.95. The molecule has 0 aromatic heterocycles. The van der Waals surface area contributed by atoms with Gasteiger partial charge in [-0.3, -0.25) is 0 Å². The Labute approximate surface area is 147 Å². The van der Waals surface area contributed by atoms with Crippen LogP contribution >= 0.6 is 0 Å². The van der Waals surface area contributed by atoms with Crippen LogP contribution in [-0.2, 0) is 0 Å². The number of aryl methyl sites for hydroxylation is 1. The lowest BCUT2D eigenvalue weighted by Gasteiger charge is -2.13. The molecule has 0 aliphatic carbocycles. The molecule has 25 heavy (non-hydrogen) atoms. The van der Waals surface area contributed by atoms with Crippen LogP contribution in [0.1, 0.15) is 5.56 Å². The van der Waals surface area contributed by atoms with Gasteiger partial charge in [-0.1, -0.05) is 84.9 Å². The van der Waals surface area contributed by atoms with Crippen molar-refractivity contribution in [2.45, 2.75) is 6.92 Å². The van der Waals surface area contributed by atoms with Crippen LogP contribution < -0.4 is 0 Å². The van der Waals surface area contributed by atoms with Crippen molar-refractivity contribution < 1.29 is 0 Å². The number of benzene rings is 5. The van der Waals surface area contributed by atoms with Gasteiger partial charge >= 0.3 is 0 Å². The SMILES string of the molecule is Cc1c(-c2ccc3ccccc3c2)ccc2ccc3ccccc3c12. The second-order valence-electron chi connectivity index (χ2n) is 6.68. The van der Waals surface area contributed by atoms with Gasteiger partial charge in [0.1, 0.15) is 0 Å². The Kier molecular flexibility index (Phi) is 3.11. The normalized spacial score (nSPS) is 11.4. The highest BCUT2D eigenvalue weighted by atomic mass is 14.1. The van der Waals surface area contributed by atoms with E-state index in [0.29, 0.717) is 0 Å². The second kappa shape index (κ2) is 5.46. The van der Waals surface area contributed by atoms with E-state index in [1.165, 1.54) is 49.0 Å². The molecule has 0 bridgehead atoms. The van der Waals surface area contributed by atoms with Gasteiger partial charge < -0.3 is 0 Å². The molecule has 5 aromatic carbocycles. The molecule has 0 atom stereocenters. The van der Waals surface area contributed by atoms with Gasteiger partial charge in [0.25, 0.3) is 0 Å². The summed E-state index contributed by atoms with van der Waals surface area (Å²) in [5, 5.41) is 7.88. The molecular formula is C25H18. The van der Waals surface area contributed by atoms with Gasteiger partial charge in [0.05, 0.1) is 0 Å². The molecule has 0 fully saturated rings. The molecule has 0 aliphatic heterocycles. The minimum atomic E-state index is 1.28. The summed E-state index contributed by atoms with van der Waals surface area (Å²) >= 11 is 0. The minimum Gasteiger partial charge on any atom is -0.0616 e. The van der Waals surface area contributed by atoms with Crippen LogP contribution in [0.5, 0.6) is 0 Å². The fourth-order valence-corrected chi connectivity index (χ4v) is 3.95. The first-order chi connectivity index (χ1) is 12.3. The third-order valence-electron chi connectivity index (χ3n) is 5.23. The highest BCUT2D eigenvalue weighted by Gasteiger charge is 2.09. The van der Waals surface area contributed by atoms with E-state index in [1.54, 1.807) is 0 Å². The largest absolute Gasteiger partial charge is 0.0616 e. The Morgan fingerprint density at radius 3 is 2.04 bits per heavy atom. The maximum absolute atomic E-state index is 2.30. The summed E-state index contributed by atoms with van der Waals surface area (Å²) in [4.78, 5) is 0. The van der Waals surface area contributed by atoms with Crippen molar-refractivity contribution >= 4 is 32.3 Å². The first-order valence-electron chi connectivity index (χ1n) is 8.71. The lowest BCUT2D eigenvalue weighted by molar-refractivity contribution is 1.52. The van der Waals surface area contributed by atoms with Gasteiger partial charge in [-0.05, 0) is 62.0 Å². The Hall–Kier alpha value is -3.12. The van der Waals surface area contributed by atoms with Gasteiger partial charge in [0.15, 0.2) is 0 Å². The Morgan fingerprint density at radius 1 is 0.520 bits per heavy atom. The molecule has 5 rings (SSSR count). The summed E-state index contributed by atoms with van der Waals surface area (Å²) in [6, 6.07) is 32.9. The first-order valence-corrected chi connectivity index (χ1v) is 8.71. The average molecular weight is 318 g/mol. The second-order valence-corrected chi connectivity index (χ2v) is 6.68. The van der Waals surface area contributed by atoms with Gasteiger partial charge in [-0.25, -0.2) is 0 Å². The lowest BCUT2D eigenvalue weighted by atomic mass is 9.91. The lowest BCUT2D eigenvalue weighted by Crippen LogP contribution is -1.88. The first kappa shape index (κ1) is 14.2. The molecule has 0 amide bonds. The molecule has 0 heteroatoms. The summed E-state index contributed by atoms with van der Waals surface area (Å²) in [6.07, 6.45) is 0. The molecule has 0 spiro atoms. The zero-order valence-corrected chi connectivity index (χ0v) is 14.2. The summed E-state index contributed by atoms with van der Waals surface area (Å²) < 4.78 is 0. The third kappa shape index (κ3) is 2.22. The van der Waals surface area contributed by atoms with Crippen molar-refractivity contribution in [3.8, 4) is 11.1 Å². The van der Waals surface area contributed by atoms with Crippen molar-refractivity contribution in [1.82, 2.24) is 0 Å². The summed E-state index contributed by atoms with van der Waals surface area (Å²) in [5.41, 5.74) is 3.95. The Balaban J connectivity index is 1.83. The number of hydrogen-bond acceptors (Lipinski definition) is 0. The van der Waals surface area contributed by atoms with Crippen molar-refractivity contribution in [1.29, 1.82) is 0 Å². The summed E-state index contributed by atoms with van der Waals surface area (Å²) in [5.74, 6) is 0. The fraction of sp³-hybridized carbons (Fsp3) is 0.0400. The van der Waals surface area contributed by atoms with E-state index >= 15 is 0 Å². The smallest absolute Gasteiger partial charge is 0.00699 e. The monoisotopic (exact) mass is 318 g/mol. The highest BCUT2D eigenvalue weighted by molar-refractivity contribution is 6.11. The molecule has 0 nitrogen and oxygen atoms in total. The predicted octanol–water partition coefficient (Wildman–Crippen LogP) is 7.12. The molecule has 5 aromatic rings. The summed E-state index contributed by atoms with van der Waals surface area (Å²) in [6.45, 7) is 2.25. The van der Waals surface area contributed by atoms with E-state index in [4.69, 9.17) is 0 Å². The molecule has 118 valence electrons. The molecule has 0 N–H and O–H groups in total. The molecule has 0 radical (unpaired) electrons. The van der Waals surface area contributed by atoms with Crippen molar-refractivity contribution in [3.05, 3.63) is 96.6 Å². The van der Waals surface area contributed by atoms with Gasteiger partial charge in [0, 0.05) is 0 Å². The van der Waals surface area contributed by atoms with Crippen molar-refractivity contribution in [2.75, 3.05) is 0 Å². The standard InChI is InChI=1S/C25H18/c1-17-23(22-13-10-18-6-2-3-8-21(18)16-22)15-14-20-12-11-19-7-4-5-9-24(19)25(17)20/h2-16H,1H3. The summed E-state index contributed by atoms with van der Waals surface area (Å²) in [7, 11) is 0. The average Bonchev–Trinajstić information content (AvgIpc) is 2.67. The third-order valence-corrected chi connectivity index (χ3v) is 5.23. The van der Waals surface area contributed by atoms with E-state index in [9.17, 15) is 0 Å². The van der Waals surface area contributed by atoms with Gasteiger partial charge in [-0.15, -0.1) is 0 Å². The van der Waals surface area contributed by atoms with Crippen molar-refractivity contribution in [2.24, 2.45) is 0 Å².